The van der Waals surface area contributed by atoms with Crippen LogP contribution in [-0.4, -0.2) is 19.7 Å². The fourth-order valence-corrected chi connectivity index (χ4v) is 1.30. The van der Waals surface area contributed by atoms with Crippen molar-refractivity contribution in [2.45, 2.75) is 6.92 Å². The van der Waals surface area contributed by atoms with Crippen LogP contribution < -0.4 is 4.74 Å². The summed E-state index contributed by atoms with van der Waals surface area (Å²) < 4.78 is 7.07. The van der Waals surface area contributed by atoms with E-state index in [0.29, 0.717) is 5.88 Å². The van der Waals surface area contributed by atoms with Crippen LogP contribution in [0.2, 0.25) is 5.15 Å². The van der Waals surface area contributed by atoms with Gasteiger partial charge in [0, 0.05) is 25.5 Å². The highest BCUT2D eigenvalue weighted by Gasteiger charge is 2.08. The Balaban J connectivity index is 2.29. The van der Waals surface area contributed by atoms with Crippen LogP contribution in [0.5, 0.6) is 11.8 Å². The molecule has 5 nitrogen and oxygen atoms in total. The molecule has 0 N–H and O–H groups in total. The van der Waals surface area contributed by atoms with Crippen molar-refractivity contribution in [2.24, 2.45) is 7.05 Å². The van der Waals surface area contributed by atoms with Crippen LogP contribution in [0.15, 0.2) is 18.5 Å². The second kappa shape index (κ2) is 3.86. The molecule has 0 amide bonds. The zero-order valence-corrected chi connectivity index (χ0v) is 9.06. The summed E-state index contributed by atoms with van der Waals surface area (Å²) in [7, 11) is 1.78. The first-order valence-corrected chi connectivity index (χ1v) is 4.69. The van der Waals surface area contributed by atoms with Crippen molar-refractivity contribution in [3.05, 3.63) is 29.3 Å². The molecule has 0 aliphatic heterocycles. The lowest BCUT2D eigenvalue weighted by atomic mass is 10.5. The highest BCUT2D eigenvalue weighted by molar-refractivity contribution is 6.30. The molecule has 0 aliphatic rings. The highest BCUT2D eigenvalue weighted by atomic mass is 35.5. The third-order valence-corrected chi connectivity index (χ3v) is 2.04. The predicted octanol–water partition coefficient (Wildman–Crippen LogP) is 1.96. The number of aryl methyl sites for hydroxylation is 2. The fourth-order valence-electron chi connectivity index (χ4n) is 1.16. The molecular formula is C9H9ClN4O. The van der Waals surface area contributed by atoms with Crippen molar-refractivity contribution in [3.63, 3.8) is 0 Å². The topological polar surface area (TPSA) is 52.8 Å². The van der Waals surface area contributed by atoms with Gasteiger partial charge >= 0.3 is 0 Å². The molecule has 0 unspecified atom stereocenters. The van der Waals surface area contributed by atoms with E-state index in [0.717, 1.165) is 5.69 Å². The van der Waals surface area contributed by atoms with E-state index >= 15 is 0 Å². The van der Waals surface area contributed by atoms with Crippen molar-refractivity contribution in [3.8, 4) is 11.8 Å². The van der Waals surface area contributed by atoms with E-state index in [1.54, 1.807) is 17.8 Å². The van der Waals surface area contributed by atoms with Gasteiger partial charge < -0.3 is 4.74 Å². The number of aromatic nitrogens is 4. The molecule has 6 heteroatoms. The maximum atomic E-state index is 5.81. The third-order valence-electron chi connectivity index (χ3n) is 1.78. The normalized spacial score (nSPS) is 10.3. The SMILES string of the molecule is Cc1cc(Oc2nccnc2Cl)n(C)n1. The number of hydrogen-bond donors (Lipinski definition) is 0. The van der Waals surface area contributed by atoms with Crippen LogP contribution in [0.25, 0.3) is 0 Å². The van der Waals surface area contributed by atoms with Gasteiger partial charge in [-0.1, -0.05) is 11.6 Å². The molecule has 0 radical (unpaired) electrons. The summed E-state index contributed by atoms with van der Waals surface area (Å²) in [5, 5.41) is 4.37. The summed E-state index contributed by atoms with van der Waals surface area (Å²) in [5.74, 6) is 0.858. The second-order valence-electron chi connectivity index (χ2n) is 3.00. The van der Waals surface area contributed by atoms with Crippen LogP contribution in [0.3, 0.4) is 0 Å². The fraction of sp³-hybridized carbons (Fsp3) is 0.222. The number of nitrogens with zero attached hydrogens (tertiary/aromatic N) is 4. The van der Waals surface area contributed by atoms with E-state index in [-0.39, 0.29) is 11.0 Å². The summed E-state index contributed by atoms with van der Waals surface area (Å²) in [6, 6.07) is 1.80. The van der Waals surface area contributed by atoms with Gasteiger partial charge in [0.2, 0.25) is 5.88 Å². The molecule has 0 aromatic carbocycles. The number of rotatable bonds is 2. The first kappa shape index (κ1) is 9.92. The van der Waals surface area contributed by atoms with Gasteiger partial charge in [-0.15, -0.1) is 0 Å². The Bertz CT molecular complexity index is 483. The summed E-state index contributed by atoms with van der Waals surface area (Å²) in [6.45, 7) is 1.88. The van der Waals surface area contributed by atoms with Gasteiger partial charge in [0.05, 0.1) is 5.69 Å². The van der Waals surface area contributed by atoms with E-state index in [2.05, 4.69) is 15.1 Å². The number of halogens is 1. The minimum atomic E-state index is 0.233. The van der Waals surface area contributed by atoms with Crippen molar-refractivity contribution < 1.29 is 4.74 Å². The van der Waals surface area contributed by atoms with Crippen LogP contribution in [0, 0.1) is 6.92 Å². The lowest BCUT2D eigenvalue weighted by Gasteiger charge is -2.04. The molecule has 15 heavy (non-hydrogen) atoms. The third kappa shape index (κ3) is 2.07. The molecule has 0 bridgehead atoms. The Hall–Kier alpha value is -1.62. The first-order valence-electron chi connectivity index (χ1n) is 4.32. The van der Waals surface area contributed by atoms with E-state index in [9.17, 15) is 0 Å². The first-order chi connectivity index (χ1) is 7.16. The van der Waals surface area contributed by atoms with Gasteiger partial charge in [0.25, 0.3) is 5.88 Å². The van der Waals surface area contributed by atoms with Crippen molar-refractivity contribution in [1.29, 1.82) is 0 Å². The molecule has 0 fully saturated rings. The van der Waals surface area contributed by atoms with Gasteiger partial charge in [0.15, 0.2) is 5.15 Å². The molecule has 2 aromatic rings. The van der Waals surface area contributed by atoms with Crippen molar-refractivity contribution in [2.75, 3.05) is 0 Å². The van der Waals surface area contributed by atoms with E-state index in [4.69, 9.17) is 16.3 Å². The van der Waals surface area contributed by atoms with Gasteiger partial charge in [0.1, 0.15) is 0 Å². The van der Waals surface area contributed by atoms with Crippen LogP contribution in [0.4, 0.5) is 0 Å². The Morgan fingerprint density at radius 3 is 2.67 bits per heavy atom. The summed E-state index contributed by atoms with van der Waals surface area (Å²) in [5.41, 5.74) is 0.868. The summed E-state index contributed by atoms with van der Waals surface area (Å²) >= 11 is 5.81. The zero-order chi connectivity index (χ0) is 10.8. The van der Waals surface area contributed by atoms with Gasteiger partial charge in [-0.25, -0.2) is 14.6 Å². The average molecular weight is 225 g/mol. The summed E-state index contributed by atoms with van der Waals surface area (Å²) in [6.07, 6.45) is 3.02. The van der Waals surface area contributed by atoms with Crippen LogP contribution >= 0.6 is 11.6 Å². The monoisotopic (exact) mass is 224 g/mol. The highest BCUT2D eigenvalue weighted by Crippen LogP contribution is 2.24. The number of ether oxygens (including phenoxy) is 1. The standard InChI is InChI=1S/C9H9ClN4O/c1-6-5-7(14(2)13-6)15-9-8(10)11-3-4-12-9/h3-5H,1-2H3. The lowest BCUT2D eigenvalue weighted by molar-refractivity contribution is 0.413. The molecule has 0 atom stereocenters. The predicted molar refractivity (Wildman–Crippen MR) is 55.1 cm³/mol. The van der Waals surface area contributed by atoms with Crippen molar-refractivity contribution in [1.82, 2.24) is 19.7 Å². The Labute approximate surface area is 91.7 Å². The zero-order valence-electron chi connectivity index (χ0n) is 8.31. The van der Waals surface area contributed by atoms with Gasteiger partial charge in [-0.3, -0.25) is 0 Å². The second-order valence-corrected chi connectivity index (χ2v) is 3.36. The molecule has 2 rings (SSSR count). The largest absolute Gasteiger partial charge is 0.418 e. The van der Waals surface area contributed by atoms with E-state index in [1.165, 1.54) is 12.4 Å². The van der Waals surface area contributed by atoms with Crippen LogP contribution in [0.1, 0.15) is 5.69 Å². The minimum absolute atomic E-state index is 0.233. The average Bonchev–Trinajstić information content (AvgIpc) is 2.49. The quantitative estimate of drug-likeness (QED) is 0.783. The van der Waals surface area contributed by atoms with Crippen LogP contribution in [-0.2, 0) is 7.05 Å². The lowest BCUT2D eigenvalue weighted by Crippen LogP contribution is -1.97. The molecular weight excluding hydrogens is 216 g/mol. The van der Waals surface area contributed by atoms with E-state index in [1.807, 2.05) is 6.92 Å². The smallest absolute Gasteiger partial charge is 0.259 e. The van der Waals surface area contributed by atoms with E-state index < -0.39 is 0 Å². The van der Waals surface area contributed by atoms with Crippen molar-refractivity contribution >= 4 is 11.6 Å². The molecule has 0 saturated heterocycles. The van der Waals surface area contributed by atoms with Gasteiger partial charge in [-0.2, -0.15) is 5.10 Å². The maximum absolute atomic E-state index is 5.81. The molecule has 0 saturated carbocycles. The molecule has 2 aromatic heterocycles. The molecule has 0 aliphatic carbocycles. The Morgan fingerprint density at radius 2 is 2.07 bits per heavy atom. The maximum Gasteiger partial charge on any atom is 0.259 e. The molecule has 0 spiro atoms. The van der Waals surface area contributed by atoms with Gasteiger partial charge in [-0.05, 0) is 6.92 Å². The summed E-state index contributed by atoms with van der Waals surface area (Å²) in [4.78, 5) is 7.83. The molecule has 2 heterocycles. The number of hydrogen-bond acceptors (Lipinski definition) is 4. The Kier molecular flexibility index (Phi) is 2.55. The minimum Gasteiger partial charge on any atom is -0.418 e. The molecule has 78 valence electrons. The Morgan fingerprint density at radius 1 is 1.33 bits per heavy atom.